The lowest BCUT2D eigenvalue weighted by Gasteiger charge is -2.23. The van der Waals surface area contributed by atoms with Gasteiger partial charge in [-0.2, -0.15) is 0 Å². The number of aromatic nitrogens is 1. The van der Waals surface area contributed by atoms with E-state index in [9.17, 15) is 8.42 Å². The van der Waals surface area contributed by atoms with Crippen LogP contribution in [0.1, 0.15) is 12.5 Å². The van der Waals surface area contributed by atoms with Crippen molar-refractivity contribution < 1.29 is 8.42 Å². The van der Waals surface area contributed by atoms with Gasteiger partial charge in [-0.1, -0.05) is 29.3 Å². The Morgan fingerprint density at radius 3 is 2.48 bits per heavy atom. The van der Waals surface area contributed by atoms with Crippen LogP contribution < -0.4 is 4.31 Å². The minimum Gasteiger partial charge on any atom is -0.267 e. The number of nitrogens with zero attached hydrogens (tertiary/aromatic N) is 2. The smallest absolute Gasteiger partial charge is 0.267 e. The largest absolute Gasteiger partial charge is 0.267 e. The quantitative estimate of drug-likeness (QED) is 0.742. The van der Waals surface area contributed by atoms with Crippen molar-refractivity contribution in [2.24, 2.45) is 0 Å². The van der Waals surface area contributed by atoms with Crippen LogP contribution in [0.3, 0.4) is 0 Å². The highest BCUT2D eigenvalue weighted by atomic mass is 79.9. The van der Waals surface area contributed by atoms with Crippen molar-refractivity contribution in [2.45, 2.75) is 18.7 Å². The summed E-state index contributed by atoms with van der Waals surface area (Å²) < 4.78 is 27.5. The van der Waals surface area contributed by atoms with Gasteiger partial charge in [0.25, 0.3) is 10.0 Å². The highest BCUT2D eigenvalue weighted by Gasteiger charge is 2.27. The van der Waals surface area contributed by atoms with E-state index in [-0.39, 0.29) is 10.0 Å². The second-order valence-corrected chi connectivity index (χ2v) is 7.55. The van der Waals surface area contributed by atoms with E-state index in [2.05, 4.69) is 20.9 Å². The molecule has 0 fully saturated rings. The van der Waals surface area contributed by atoms with E-state index in [0.717, 1.165) is 5.56 Å². The molecule has 0 atom stereocenters. The van der Waals surface area contributed by atoms with Crippen LogP contribution in [0.5, 0.6) is 0 Å². The summed E-state index contributed by atoms with van der Waals surface area (Å²) in [5.74, 6) is 0. The van der Waals surface area contributed by atoms with E-state index in [0.29, 0.717) is 16.7 Å². The number of hydrogen-bond acceptors (Lipinski definition) is 3. The Kier molecular flexibility index (Phi) is 4.91. The Hall–Kier alpha value is -1.11. The van der Waals surface area contributed by atoms with Gasteiger partial charge in [-0.15, -0.1) is 0 Å². The zero-order valence-electron chi connectivity index (χ0n) is 11.5. The molecule has 0 aliphatic carbocycles. The molecule has 7 heteroatoms. The average molecular weight is 390 g/mol. The second-order valence-electron chi connectivity index (χ2n) is 4.45. The van der Waals surface area contributed by atoms with Crippen LogP contribution in [0, 0.1) is 6.92 Å². The van der Waals surface area contributed by atoms with E-state index < -0.39 is 10.0 Å². The predicted octanol–water partition coefficient (Wildman–Crippen LogP) is 4.02. The monoisotopic (exact) mass is 388 g/mol. The summed E-state index contributed by atoms with van der Waals surface area (Å²) in [7, 11) is -3.76. The van der Waals surface area contributed by atoms with Gasteiger partial charge in [0.05, 0.1) is 5.69 Å². The van der Waals surface area contributed by atoms with Crippen molar-refractivity contribution in [3.05, 3.63) is 51.7 Å². The molecule has 4 nitrogen and oxygen atoms in total. The van der Waals surface area contributed by atoms with Gasteiger partial charge in [0, 0.05) is 17.2 Å². The maximum absolute atomic E-state index is 12.8. The Labute approximate surface area is 137 Å². The Balaban J connectivity index is 2.54. The van der Waals surface area contributed by atoms with Crippen molar-refractivity contribution in [1.29, 1.82) is 0 Å². The Morgan fingerprint density at radius 1 is 1.29 bits per heavy atom. The molecule has 0 N–H and O–H groups in total. The van der Waals surface area contributed by atoms with Gasteiger partial charge < -0.3 is 0 Å². The Morgan fingerprint density at radius 2 is 1.90 bits per heavy atom. The first kappa shape index (κ1) is 16.3. The second kappa shape index (κ2) is 6.34. The standard InChI is InChI=1S/C14H14BrClN2O2S/c1-3-18(12-6-4-10(2)5-7-12)21(19,20)13-8-11(15)9-17-14(13)16/h4-9H,3H2,1-2H3. The molecule has 1 heterocycles. The molecule has 2 rings (SSSR count). The SMILES string of the molecule is CCN(c1ccc(C)cc1)S(=O)(=O)c1cc(Br)cnc1Cl. The molecule has 0 bridgehead atoms. The normalized spacial score (nSPS) is 11.4. The van der Waals surface area contributed by atoms with E-state index >= 15 is 0 Å². The van der Waals surface area contributed by atoms with Crippen LogP contribution in [0.4, 0.5) is 5.69 Å². The van der Waals surface area contributed by atoms with Crippen LogP contribution >= 0.6 is 27.5 Å². The minimum atomic E-state index is -3.76. The van der Waals surface area contributed by atoms with Crippen molar-refractivity contribution in [1.82, 2.24) is 4.98 Å². The lowest BCUT2D eigenvalue weighted by molar-refractivity contribution is 0.591. The van der Waals surface area contributed by atoms with Crippen molar-refractivity contribution in [2.75, 3.05) is 10.8 Å². The molecule has 0 amide bonds. The van der Waals surface area contributed by atoms with Gasteiger partial charge in [0.1, 0.15) is 10.0 Å². The highest BCUT2D eigenvalue weighted by Crippen LogP contribution is 2.29. The number of pyridine rings is 1. The molecular weight excluding hydrogens is 376 g/mol. The van der Waals surface area contributed by atoms with E-state index in [1.54, 1.807) is 19.1 Å². The summed E-state index contributed by atoms with van der Waals surface area (Å²) in [6.07, 6.45) is 1.46. The van der Waals surface area contributed by atoms with E-state index in [1.165, 1.54) is 16.6 Å². The fourth-order valence-corrected chi connectivity index (χ4v) is 4.30. The number of rotatable bonds is 4. The summed E-state index contributed by atoms with van der Waals surface area (Å²) in [6, 6.07) is 8.75. The minimum absolute atomic E-state index is 0.0130. The molecular formula is C14H14BrClN2O2S. The van der Waals surface area contributed by atoms with Crippen LogP contribution in [0.15, 0.2) is 45.9 Å². The molecule has 1 aromatic heterocycles. The zero-order valence-corrected chi connectivity index (χ0v) is 14.7. The summed E-state index contributed by atoms with van der Waals surface area (Å²) in [5.41, 5.74) is 1.66. The molecule has 0 aliphatic heterocycles. The van der Waals surface area contributed by atoms with Crippen molar-refractivity contribution >= 4 is 43.2 Å². The number of hydrogen-bond donors (Lipinski definition) is 0. The average Bonchev–Trinajstić information content (AvgIpc) is 2.44. The maximum Gasteiger partial charge on any atom is 0.267 e. The molecule has 0 unspecified atom stereocenters. The molecule has 0 aliphatic rings. The Bertz CT molecular complexity index is 748. The number of sulfonamides is 1. The summed E-state index contributed by atoms with van der Waals surface area (Å²) in [6.45, 7) is 4.02. The van der Waals surface area contributed by atoms with Crippen LogP contribution in [0.25, 0.3) is 0 Å². The van der Waals surface area contributed by atoms with Crippen LogP contribution in [-0.2, 0) is 10.0 Å². The maximum atomic E-state index is 12.8. The molecule has 0 saturated carbocycles. The lowest BCUT2D eigenvalue weighted by atomic mass is 10.2. The van der Waals surface area contributed by atoms with Crippen LogP contribution in [-0.4, -0.2) is 19.9 Å². The summed E-state index contributed by atoms with van der Waals surface area (Å²) in [5, 5.41) is -0.0382. The predicted molar refractivity (Wildman–Crippen MR) is 88.3 cm³/mol. The third-order valence-electron chi connectivity index (χ3n) is 2.95. The number of halogens is 2. The van der Waals surface area contributed by atoms with Gasteiger partial charge in [-0.05, 0) is 48.0 Å². The van der Waals surface area contributed by atoms with Crippen LogP contribution in [0.2, 0.25) is 5.15 Å². The summed E-state index contributed by atoms with van der Waals surface area (Å²) >= 11 is 9.18. The highest BCUT2D eigenvalue weighted by molar-refractivity contribution is 9.10. The van der Waals surface area contributed by atoms with Gasteiger partial charge in [-0.25, -0.2) is 13.4 Å². The van der Waals surface area contributed by atoms with Crippen molar-refractivity contribution in [3.63, 3.8) is 0 Å². The van der Waals surface area contributed by atoms with Gasteiger partial charge in [0.15, 0.2) is 0 Å². The molecule has 1 aromatic carbocycles. The third kappa shape index (κ3) is 3.39. The first-order valence-electron chi connectivity index (χ1n) is 6.26. The van der Waals surface area contributed by atoms with Crippen molar-refractivity contribution in [3.8, 4) is 0 Å². The van der Waals surface area contributed by atoms with E-state index in [4.69, 9.17) is 11.6 Å². The van der Waals surface area contributed by atoms with Gasteiger partial charge in [-0.3, -0.25) is 4.31 Å². The lowest BCUT2D eigenvalue weighted by Crippen LogP contribution is -2.31. The molecule has 0 saturated heterocycles. The third-order valence-corrected chi connectivity index (χ3v) is 5.71. The first-order valence-corrected chi connectivity index (χ1v) is 8.88. The topological polar surface area (TPSA) is 50.3 Å². The van der Waals surface area contributed by atoms with Gasteiger partial charge >= 0.3 is 0 Å². The molecule has 112 valence electrons. The zero-order chi connectivity index (χ0) is 15.6. The number of anilines is 1. The van der Waals surface area contributed by atoms with Gasteiger partial charge in [0.2, 0.25) is 0 Å². The number of aryl methyl sites for hydroxylation is 1. The fourth-order valence-electron chi connectivity index (χ4n) is 1.91. The molecule has 0 radical (unpaired) electrons. The molecule has 21 heavy (non-hydrogen) atoms. The van der Waals surface area contributed by atoms with E-state index in [1.807, 2.05) is 19.1 Å². The summed E-state index contributed by atoms with van der Waals surface area (Å²) in [4.78, 5) is 3.87. The molecule has 0 spiro atoms. The molecule has 2 aromatic rings. The number of benzene rings is 1. The fraction of sp³-hybridized carbons (Fsp3) is 0.214. The first-order chi connectivity index (χ1) is 9.86.